The van der Waals surface area contributed by atoms with E-state index in [2.05, 4.69) is 97.8 Å². The number of aromatic nitrogens is 2. The van der Waals surface area contributed by atoms with E-state index in [4.69, 9.17) is 9.40 Å². The summed E-state index contributed by atoms with van der Waals surface area (Å²) in [5.74, 6) is 1.65. The van der Waals surface area contributed by atoms with Crippen molar-refractivity contribution in [3.8, 4) is 22.6 Å². The van der Waals surface area contributed by atoms with Crippen molar-refractivity contribution in [1.82, 2.24) is 9.97 Å². The molecule has 0 saturated carbocycles. The molecule has 3 heteroatoms. The molecule has 3 nitrogen and oxygen atoms in total. The number of benzene rings is 3. The second-order valence-electron chi connectivity index (χ2n) is 8.23. The molecule has 5 rings (SSSR count). The minimum absolute atomic E-state index is 0.797. The van der Waals surface area contributed by atoms with E-state index in [-0.39, 0.29) is 0 Å². The number of H-pyrrole nitrogens is 1. The fraction of sp³-hybridized carbons (Fsp3) is 0.179. The number of hydrogen-bond donors (Lipinski definition) is 1. The third-order valence-electron chi connectivity index (χ3n) is 5.82. The van der Waals surface area contributed by atoms with Crippen LogP contribution in [0.15, 0.2) is 83.4 Å². The minimum Gasteiger partial charge on any atom is -0.440 e. The van der Waals surface area contributed by atoms with E-state index >= 15 is 0 Å². The van der Waals surface area contributed by atoms with Crippen molar-refractivity contribution in [2.75, 3.05) is 0 Å². The monoisotopic (exact) mass is 406 g/mol. The number of nitrogens with one attached hydrogen (secondary N) is 1. The first-order chi connectivity index (χ1) is 15.2. The van der Waals surface area contributed by atoms with E-state index in [1.807, 2.05) is 0 Å². The maximum absolute atomic E-state index is 6.31. The van der Waals surface area contributed by atoms with Gasteiger partial charge < -0.3 is 9.40 Å². The van der Waals surface area contributed by atoms with E-state index in [0.29, 0.717) is 0 Å². The Hall–Kier alpha value is -3.59. The Morgan fingerprint density at radius 1 is 0.774 bits per heavy atom. The molecule has 3 aromatic carbocycles. The molecule has 0 radical (unpaired) electrons. The van der Waals surface area contributed by atoms with Crippen LogP contribution < -0.4 is 0 Å². The molecule has 0 amide bonds. The molecular formula is C28H26N2O. The highest BCUT2D eigenvalue weighted by Crippen LogP contribution is 2.33. The first-order valence-electron chi connectivity index (χ1n) is 10.9. The van der Waals surface area contributed by atoms with Crippen molar-refractivity contribution < 1.29 is 4.42 Å². The third-order valence-corrected chi connectivity index (χ3v) is 5.82. The van der Waals surface area contributed by atoms with Crippen LogP contribution in [-0.4, -0.2) is 9.97 Å². The molecule has 0 aliphatic rings. The Morgan fingerprint density at radius 3 is 2.19 bits per heavy atom. The van der Waals surface area contributed by atoms with Gasteiger partial charge in [-0.1, -0.05) is 77.9 Å². The second-order valence-corrected chi connectivity index (χ2v) is 8.23. The van der Waals surface area contributed by atoms with Crippen LogP contribution in [0.25, 0.3) is 33.5 Å². The summed E-state index contributed by atoms with van der Waals surface area (Å²) in [4.78, 5) is 8.28. The predicted octanol–water partition coefficient (Wildman–Crippen LogP) is 7.28. The smallest absolute Gasteiger partial charge is 0.195 e. The molecule has 5 aromatic rings. The second kappa shape index (κ2) is 8.27. The van der Waals surface area contributed by atoms with Gasteiger partial charge in [-0.25, -0.2) is 4.98 Å². The lowest BCUT2D eigenvalue weighted by molar-refractivity contribution is 0.498. The topological polar surface area (TPSA) is 41.8 Å². The summed E-state index contributed by atoms with van der Waals surface area (Å²) in [7, 11) is 0. The fourth-order valence-corrected chi connectivity index (χ4v) is 4.05. The van der Waals surface area contributed by atoms with Crippen LogP contribution in [0, 0.1) is 13.8 Å². The summed E-state index contributed by atoms with van der Waals surface area (Å²) in [5, 5.41) is 1.30. The highest BCUT2D eigenvalue weighted by molar-refractivity contribution is 5.83. The van der Waals surface area contributed by atoms with Gasteiger partial charge in [0.1, 0.15) is 5.69 Å². The molecule has 0 aliphatic heterocycles. The third kappa shape index (κ3) is 4.04. The maximum atomic E-state index is 6.31. The molecule has 0 atom stereocenters. The van der Waals surface area contributed by atoms with Crippen molar-refractivity contribution in [3.63, 3.8) is 0 Å². The average molecular weight is 407 g/mol. The van der Waals surface area contributed by atoms with Gasteiger partial charge in [0.15, 0.2) is 11.7 Å². The van der Waals surface area contributed by atoms with Crippen LogP contribution in [0.1, 0.15) is 29.0 Å². The molecule has 2 heterocycles. The van der Waals surface area contributed by atoms with Crippen LogP contribution in [0.2, 0.25) is 0 Å². The standard InChI is InChI=1S/C28H26N2O/c1-19-10-14-21(15-11-19)27-28(22-16-12-20(2)13-17-22)31-26(30-27)9-5-6-23-18-29-25-8-4-3-7-24(23)25/h3-4,7-8,10-18,29H,5-6,9H2,1-2H3. The lowest BCUT2D eigenvalue weighted by Crippen LogP contribution is -1.90. The van der Waals surface area contributed by atoms with Gasteiger partial charge >= 0.3 is 0 Å². The zero-order chi connectivity index (χ0) is 21.2. The molecule has 0 unspecified atom stereocenters. The van der Waals surface area contributed by atoms with Crippen LogP contribution in [-0.2, 0) is 12.8 Å². The Labute approximate surface area is 182 Å². The van der Waals surface area contributed by atoms with E-state index < -0.39 is 0 Å². The normalized spacial score (nSPS) is 11.3. The summed E-state index contributed by atoms with van der Waals surface area (Å²) in [6.07, 6.45) is 4.91. The van der Waals surface area contributed by atoms with Gasteiger partial charge in [0.05, 0.1) is 0 Å². The van der Waals surface area contributed by atoms with Crippen molar-refractivity contribution >= 4 is 10.9 Å². The summed E-state index contributed by atoms with van der Waals surface area (Å²) in [5.41, 5.74) is 8.09. The highest BCUT2D eigenvalue weighted by atomic mass is 16.4. The lowest BCUT2D eigenvalue weighted by Gasteiger charge is -2.03. The first-order valence-corrected chi connectivity index (χ1v) is 10.9. The van der Waals surface area contributed by atoms with Gasteiger partial charge in [-0.15, -0.1) is 0 Å². The van der Waals surface area contributed by atoms with Crippen LogP contribution >= 0.6 is 0 Å². The number of fused-ring (bicyclic) bond motifs is 1. The number of hydrogen-bond acceptors (Lipinski definition) is 2. The molecule has 1 N–H and O–H groups in total. The molecular weight excluding hydrogens is 380 g/mol. The van der Waals surface area contributed by atoms with Gasteiger partial charge in [-0.2, -0.15) is 0 Å². The molecule has 0 saturated heterocycles. The Kier molecular flexibility index (Phi) is 5.17. The summed E-state index contributed by atoms with van der Waals surface area (Å²) in [6.45, 7) is 4.20. The van der Waals surface area contributed by atoms with E-state index in [1.165, 1.54) is 27.6 Å². The Balaban J connectivity index is 1.41. The van der Waals surface area contributed by atoms with Gasteiger partial charge in [-0.3, -0.25) is 0 Å². The predicted molar refractivity (Wildman–Crippen MR) is 127 cm³/mol. The van der Waals surface area contributed by atoms with Gasteiger partial charge in [-0.05, 0) is 38.3 Å². The number of aryl methyl sites for hydroxylation is 4. The molecule has 0 spiro atoms. The molecule has 0 aliphatic carbocycles. The number of oxazole rings is 1. The Bertz CT molecular complexity index is 1240. The van der Waals surface area contributed by atoms with Crippen molar-refractivity contribution in [2.45, 2.75) is 33.1 Å². The molecule has 0 bridgehead atoms. The minimum atomic E-state index is 0.797. The number of rotatable bonds is 6. The average Bonchev–Trinajstić information content (AvgIpc) is 3.40. The van der Waals surface area contributed by atoms with Crippen LogP contribution in [0.5, 0.6) is 0 Å². The number of aromatic amines is 1. The quantitative estimate of drug-likeness (QED) is 0.322. The van der Waals surface area contributed by atoms with Gasteiger partial charge in [0, 0.05) is 34.6 Å². The Morgan fingerprint density at radius 2 is 1.45 bits per heavy atom. The highest BCUT2D eigenvalue weighted by Gasteiger charge is 2.17. The van der Waals surface area contributed by atoms with E-state index in [1.54, 1.807) is 0 Å². The summed E-state index contributed by atoms with van der Waals surface area (Å²) in [6, 6.07) is 25.4. The largest absolute Gasteiger partial charge is 0.440 e. The van der Waals surface area contributed by atoms with Crippen molar-refractivity contribution in [2.24, 2.45) is 0 Å². The van der Waals surface area contributed by atoms with Crippen molar-refractivity contribution in [3.05, 3.63) is 102 Å². The summed E-state index contributed by atoms with van der Waals surface area (Å²) < 4.78 is 6.31. The number of nitrogens with zero attached hydrogens (tertiary/aromatic N) is 1. The maximum Gasteiger partial charge on any atom is 0.195 e. The SMILES string of the molecule is Cc1ccc(-c2nc(CCCc3c[nH]c4ccccc34)oc2-c2ccc(C)cc2)cc1. The molecule has 154 valence electrons. The molecule has 31 heavy (non-hydrogen) atoms. The van der Waals surface area contributed by atoms with Crippen molar-refractivity contribution in [1.29, 1.82) is 0 Å². The zero-order valence-electron chi connectivity index (χ0n) is 18.0. The van der Waals surface area contributed by atoms with E-state index in [0.717, 1.165) is 47.7 Å². The van der Waals surface area contributed by atoms with Crippen LogP contribution in [0.3, 0.4) is 0 Å². The van der Waals surface area contributed by atoms with Gasteiger partial charge in [0.25, 0.3) is 0 Å². The fourth-order valence-electron chi connectivity index (χ4n) is 4.05. The zero-order valence-corrected chi connectivity index (χ0v) is 18.0. The van der Waals surface area contributed by atoms with Crippen LogP contribution in [0.4, 0.5) is 0 Å². The molecule has 2 aromatic heterocycles. The summed E-state index contributed by atoms with van der Waals surface area (Å²) >= 11 is 0. The first kappa shape index (κ1) is 19.4. The molecule has 0 fully saturated rings. The number of para-hydroxylation sites is 1. The lowest BCUT2D eigenvalue weighted by atomic mass is 10.0. The van der Waals surface area contributed by atoms with Gasteiger partial charge in [0.2, 0.25) is 0 Å². The van der Waals surface area contributed by atoms with E-state index in [9.17, 15) is 0 Å².